The molecule has 0 amide bonds. The standard InChI is InChI=1S/C25H23FN3O7PS/c1-25(12-14-8-9-36-13-14)18-6-4-15(26)10-17(18)22(30)21(23(25)31)24-27-19-7-5-16(29-38(3,33)34)11-20(19)37(32,28-24)35-2/h4-11,13,21,29H,12H2,1-3H3,(H,27,28,32). The second-order valence-corrected chi connectivity index (χ2v) is 13.2. The van der Waals surface area contributed by atoms with E-state index in [4.69, 9.17) is 8.94 Å². The predicted molar refractivity (Wildman–Crippen MR) is 139 cm³/mol. The summed E-state index contributed by atoms with van der Waals surface area (Å²) in [6.45, 7) is 1.66. The number of ketones is 2. The number of nitrogens with zero attached hydrogens (tertiary/aromatic N) is 1. The van der Waals surface area contributed by atoms with E-state index in [1.807, 2.05) is 0 Å². The van der Waals surface area contributed by atoms with Crippen molar-refractivity contribution in [1.82, 2.24) is 0 Å². The van der Waals surface area contributed by atoms with E-state index in [2.05, 4.69) is 14.8 Å². The fourth-order valence-electron chi connectivity index (χ4n) is 4.94. The number of fused-ring (bicyclic) bond motifs is 2. The molecule has 0 radical (unpaired) electrons. The third-order valence-electron chi connectivity index (χ3n) is 6.68. The average molecular weight is 560 g/mol. The van der Waals surface area contributed by atoms with Crippen molar-refractivity contribution in [2.24, 2.45) is 10.7 Å². The van der Waals surface area contributed by atoms with Crippen LogP contribution in [0.4, 0.5) is 15.8 Å². The molecule has 0 spiro atoms. The highest BCUT2D eigenvalue weighted by atomic mass is 32.2. The van der Waals surface area contributed by atoms with Crippen molar-refractivity contribution in [3.8, 4) is 0 Å². The highest BCUT2D eigenvalue weighted by molar-refractivity contribution is 7.92. The van der Waals surface area contributed by atoms with E-state index in [1.54, 1.807) is 13.0 Å². The lowest BCUT2D eigenvalue weighted by Crippen LogP contribution is -2.52. The lowest BCUT2D eigenvalue weighted by molar-refractivity contribution is -0.125. The molecule has 5 rings (SSSR count). The van der Waals surface area contributed by atoms with Gasteiger partial charge in [0, 0.05) is 18.4 Å². The summed E-state index contributed by atoms with van der Waals surface area (Å²) in [6.07, 6.45) is 4.09. The van der Waals surface area contributed by atoms with Gasteiger partial charge in [0.1, 0.15) is 17.6 Å². The summed E-state index contributed by atoms with van der Waals surface area (Å²) in [7, 11) is -6.51. The Morgan fingerprint density at radius 1 is 1.21 bits per heavy atom. The number of halogens is 1. The number of Topliss-reactive ketones (excluding diaryl/α,β-unsaturated/α-hetero) is 2. The Morgan fingerprint density at radius 2 is 1.97 bits per heavy atom. The monoisotopic (exact) mass is 559 g/mol. The number of sulfonamides is 1. The minimum absolute atomic E-state index is 0.0239. The van der Waals surface area contributed by atoms with Crippen LogP contribution in [0.15, 0.2) is 64.2 Å². The van der Waals surface area contributed by atoms with Crippen LogP contribution in [0.3, 0.4) is 0 Å². The lowest BCUT2D eigenvalue weighted by Gasteiger charge is -2.39. The van der Waals surface area contributed by atoms with Crippen LogP contribution in [0.5, 0.6) is 0 Å². The van der Waals surface area contributed by atoms with Crippen molar-refractivity contribution in [3.05, 3.63) is 77.5 Å². The molecule has 3 unspecified atom stereocenters. The topological polar surface area (TPSA) is 144 Å². The molecular formula is C25H23FN3O7PS. The van der Waals surface area contributed by atoms with Gasteiger partial charge in [0.25, 0.3) is 0 Å². The maximum atomic E-state index is 14.3. The van der Waals surface area contributed by atoms with Crippen molar-refractivity contribution in [3.63, 3.8) is 0 Å². The van der Waals surface area contributed by atoms with Gasteiger partial charge in [0.2, 0.25) is 10.0 Å². The molecule has 2 aromatic carbocycles. The van der Waals surface area contributed by atoms with Gasteiger partial charge in [0.05, 0.1) is 35.2 Å². The van der Waals surface area contributed by atoms with Gasteiger partial charge in [-0.1, -0.05) is 6.07 Å². The number of rotatable bonds is 6. The summed E-state index contributed by atoms with van der Waals surface area (Å²) in [6, 6.07) is 9.58. The lowest BCUT2D eigenvalue weighted by atomic mass is 9.63. The Morgan fingerprint density at radius 3 is 2.63 bits per heavy atom. The normalized spacial score (nSPS) is 24.7. The van der Waals surface area contributed by atoms with Crippen LogP contribution in [-0.2, 0) is 35.7 Å². The molecule has 2 aliphatic rings. The smallest absolute Gasteiger partial charge is 0.348 e. The molecule has 3 aromatic rings. The molecule has 198 valence electrons. The zero-order valence-electron chi connectivity index (χ0n) is 20.5. The minimum Gasteiger partial charge on any atom is -0.472 e. The molecule has 2 heterocycles. The maximum Gasteiger partial charge on any atom is 0.348 e. The predicted octanol–water partition coefficient (Wildman–Crippen LogP) is 3.66. The van der Waals surface area contributed by atoms with Gasteiger partial charge in [-0.25, -0.2) is 12.8 Å². The summed E-state index contributed by atoms with van der Waals surface area (Å²) in [5, 5.41) is 2.97. The first kappa shape index (κ1) is 26.0. The van der Waals surface area contributed by atoms with Gasteiger partial charge < -0.3 is 14.3 Å². The molecule has 0 fully saturated rings. The van der Waals surface area contributed by atoms with Gasteiger partial charge in [-0.05, 0) is 60.9 Å². The van der Waals surface area contributed by atoms with Gasteiger partial charge >= 0.3 is 7.52 Å². The van der Waals surface area contributed by atoms with Crippen LogP contribution in [0, 0.1) is 11.7 Å². The zero-order valence-corrected chi connectivity index (χ0v) is 22.2. The number of benzene rings is 2. The fraction of sp³-hybridized carbons (Fsp3) is 0.240. The molecule has 0 saturated carbocycles. The summed E-state index contributed by atoms with van der Waals surface area (Å²) >= 11 is 0. The van der Waals surface area contributed by atoms with E-state index < -0.39 is 46.3 Å². The molecule has 1 aromatic heterocycles. The first-order valence-electron chi connectivity index (χ1n) is 11.4. The maximum absolute atomic E-state index is 14.3. The SMILES string of the molecule is COP1(=O)N=C(C2C(=O)c3cc(F)ccc3C(C)(Cc3ccoc3)C2=O)Nc2ccc(NS(C)(=O)=O)cc21. The molecule has 3 atom stereocenters. The first-order valence-corrected chi connectivity index (χ1v) is 14.9. The van der Waals surface area contributed by atoms with Crippen LogP contribution in [0.2, 0.25) is 0 Å². The summed E-state index contributed by atoms with van der Waals surface area (Å²) in [5.41, 5.74) is 0.176. The van der Waals surface area contributed by atoms with Crippen LogP contribution < -0.4 is 15.3 Å². The van der Waals surface area contributed by atoms with Crippen LogP contribution in [-0.4, -0.2) is 39.2 Å². The third kappa shape index (κ3) is 4.38. The number of hydrogen-bond donors (Lipinski definition) is 2. The van der Waals surface area contributed by atoms with Crippen molar-refractivity contribution >= 4 is 51.6 Å². The fourth-order valence-corrected chi connectivity index (χ4v) is 7.06. The molecular weight excluding hydrogens is 536 g/mol. The first-order chi connectivity index (χ1) is 17.8. The van der Waals surface area contributed by atoms with E-state index in [-0.39, 0.29) is 34.5 Å². The second kappa shape index (κ2) is 9.00. The molecule has 10 nitrogen and oxygen atoms in total. The third-order valence-corrected chi connectivity index (χ3v) is 9.24. The Balaban J connectivity index is 1.63. The van der Waals surface area contributed by atoms with Gasteiger partial charge in [-0.3, -0.25) is 18.9 Å². The number of amidine groups is 1. The average Bonchev–Trinajstić information content (AvgIpc) is 3.35. The van der Waals surface area contributed by atoms with E-state index in [9.17, 15) is 27.0 Å². The molecule has 1 aliphatic heterocycles. The molecule has 38 heavy (non-hydrogen) atoms. The zero-order chi connectivity index (χ0) is 27.5. The number of anilines is 2. The number of carbonyl (C=O) groups is 2. The van der Waals surface area contributed by atoms with E-state index in [1.165, 1.54) is 42.9 Å². The molecule has 1 aliphatic carbocycles. The molecule has 0 bridgehead atoms. The Bertz CT molecular complexity index is 1670. The van der Waals surface area contributed by atoms with E-state index in [0.717, 1.165) is 19.4 Å². The van der Waals surface area contributed by atoms with E-state index in [0.29, 0.717) is 11.1 Å². The van der Waals surface area contributed by atoms with Crippen molar-refractivity contribution in [2.45, 2.75) is 18.8 Å². The summed E-state index contributed by atoms with van der Waals surface area (Å²) in [4.78, 5) is 27.7. The van der Waals surface area contributed by atoms with Gasteiger partial charge in [-0.2, -0.15) is 4.76 Å². The van der Waals surface area contributed by atoms with Crippen LogP contribution >= 0.6 is 7.52 Å². The van der Waals surface area contributed by atoms with Crippen LogP contribution in [0.1, 0.15) is 28.4 Å². The Labute approximate surface area is 217 Å². The second-order valence-electron chi connectivity index (χ2n) is 9.41. The largest absolute Gasteiger partial charge is 0.472 e. The number of hydrogen-bond acceptors (Lipinski definition) is 8. The summed E-state index contributed by atoms with van der Waals surface area (Å²) in [5.74, 6) is -3.58. The van der Waals surface area contributed by atoms with Crippen molar-refractivity contribution in [1.29, 1.82) is 0 Å². The Kier molecular flexibility index (Phi) is 6.17. The van der Waals surface area contributed by atoms with Crippen LogP contribution in [0.25, 0.3) is 0 Å². The van der Waals surface area contributed by atoms with Gasteiger partial charge in [0.15, 0.2) is 11.6 Å². The summed E-state index contributed by atoms with van der Waals surface area (Å²) < 4.78 is 68.3. The van der Waals surface area contributed by atoms with Gasteiger partial charge in [-0.15, -0.1) is 0 Å². The Hall–Kier alpha value is -3.60. The number of carbonyl (C=O) groups excluding carboxylic acids is 2. The number of nitrogens with one attached hydrogen (secondary N) is 2. The molecule has 2 N–H and O–H groups in total. The quantitative estimate of drug-likeness (QED) is 0.344. The highest BCUT2D eigenvalue weighted by Gasteiger charge is 2.52. The van der Waals surface area contributed by atoms with Crippen molar-refractivity contribution in [2.75, 3.05) is 23.4 Å². The van der Waals surface area contributed by atoms with Crippen molar-refractivity contribution < 1.29 is 35.9 Å². The van der Waals surface area contributed by atoms with E-state index >= 15 is 0 Å². The molecule has 13 heteroatoms. The minimum atomic E-state index is -4.05. The molecule has 0 saturated heterocycles. The number of furan rings is 1. The highest BCUT2D eigenvalue weighted by Crippen LogP contribution is 2.52.